The van der Waals surface area contributed by atoms with Crippen molar-refractivity contribution in [2.75, 3.05) is 19.6 Å². The van der Waals surface area contributed by atoms with Crippen molar-refractivity contribution in [1.29, 1.82) is 0 Å². The zero-order valence-electron chi connectivity index (χ0n) is 15.9. The van der Waals surface area contributed by atoms with E-state index in [-0.39, 0.29) is 12.5 Å². The summed E-state index contributed by atoms with van der Waals surface area (Å²) in [6.45, 7) is 3.17. The summed E-state index contributed by atoms with van der Waals surface area (Å²) in [4.78, 5) is 14.4. The quantitative estimate of drug-likeness (QED) is 0.659. The average Bonchev–Trinajstić information content (AvgIpc) is 3.14. The molecule has 0 radical (unpaired) electrons. The Balaban J connectivity index is 1.19. The summed E-state index contributed by atoms with van der Waals surface area (Å²) < 4.78 is 1.80. The molecule has 2 N–H and O–H groups in total. The van der Waals surface area contributed by atoms with Gasteiger partial charge in [0.1, 0.15) is 0 Å². The number of hydrogen-bond donors (Lipinski definition) is 2. The van der Waals surface area contributed by atoms with Gasteiger partial charge in [0.05, 0.1) is 11.6 Å². The maximum Gasteiger partial charge on any atom is 0.221 e. The van der Waals surface area contributed by atoms with Gasteiger partial charge < -0.3 is 10.4 Å². The molecular weight excluding hydrogens is 352 g/mol. The molecule has 0 saturated carbocycles. The maximum atomic E-state index is 12.1. The highest BCUT2D eigenvalue weighted by Crippen LogP contribution is 2.18. The van der Waals surface area contributed by atoms with Crippen LogP contribution in [0.5, 0.6) is 0 Å². The summed E-state index contributed by atoms with van der Waals surface area (Å²) in [7, 11) is 0. The Kier molecular flexibility index (Phi) is 5.69. The van der Waals surface area contributed by atoms with Gasteiger partial charge in [-0.25, -0.2) is 0 Å². The van der Waals surface area contributed by atoms with Gasteiger partial charge >= 0.3 is 0 Å². The molecule has 0 bridgehead atoms. The minimum atomic E-state index is -0.568. The Morgan fingerprint density at radius 1 is 1.14 bits per heavy atom. The fourth-order valence-corrected chi connectivity index (χ4v) is 3.74. The minimum absolute atomic E-state index is 0.0670. The number of aliphatic hydroxyl groups excluding tert-OH is 1. The van der Waals surface area contributed by atoms with Crippen LogP contribution in [0.15, 0.2) is 54.7 Å². The topological polar surface area (TPSA) is 70.4 Å². The molecule has 1 amide bonds. The Morgan fingerprint density at radius 3 is 2.79 bits per heavy atom. The summed E-state index contributed by atoms with van der Waals surface area (Å²) in [6, 6.07) is 16.3. The summed E-state index contributed by atoms with van der Waals surface area (Å²) in [5, 5.41) is 18.7. The van der Waals surface area contributed by atoms with E-state index in [0.717, 1.165) is 30.4 Å². The molecule has 2 heterocycles. The normalized spacial score (nSPS) is 15.3. The molecule has 6 heteroatoms. The van der Waals surface area contributed by atoms with Crippen molar-refractivity contribution in [2.24, 2.45) is 0 Å². The third kappa shape index (κ3) is 4.58. The third-order valence-corrected chi connectivity index (χ3v) is 5.24. The van der Waals surface area contributed by atoms with E-state index >= 15 is 0 Å². The number of aryl methyl sites for hydroxylation is 1. The first kappa shape index (κ1) is 18.7. The Bertz CT molecular complexity index is 919. The van der Waals surface area contributed by atoms with Crippen LogP contribution in [0, 0.1) is 0 Å². The van der Waals surface area contributed by atoms with Crippen LogP contribution < -0.4 is 5.32 Å². The summed E-state index contributed by atoms with van der Waals surface area (Å²) in [6.07, 6.45) is 2.73. The monoisotopic (exact) mass is 378 g/mol. The molecule has 146 valence electrons. The van der Waals surface area contributed by atoms with Crippen LogP contribution in [-0.2, 0) is 24.3 Å². The number of carbonyl (C=O) groups is 1. The number of amides is 1. The lowest BCUT2D eigenvalue weighted by atomic mass is 10.00. The Morgan fingerprint density at radius 2 is 1.93 bits per heavy atom. The number of aliphatic hydroxyl groups is 1. The van der Waals surface area contributed by atoms with Gasteiger partial charge in [-0.05, 0) is 23.6 Å². The first-order valence-corrected chi connectivity index (χ1v) is 9.83. The molecule has 3 aromatic rings. The van der Waals surface area contributed by atoms with E-state index in [0.29, 0.717) is 19.5 Å². The van der Waals surface area contributed by atoms with E-state index in [1.54, 1.807) is 4.68 Å². The molecule has 0 aliphatic carbocycles. The predicted molar refractivity (Wildman–Crippen MR) is 109 cm³/mol. The molecule has 1 aliphatic rings. The molecular formula is C22H26N4O2. The smallest absolute Gasteiger partial charge is 0.221 e. The number of benzene rings is 2. The van der Waals surface area contributed by atoms with Crippen LogP contribution in [0.25, 0.3) is 10.9 Å². The number of nitrogens with zero attached hydrogens (tertiary/aromatic N) is 3. The number of aromatic nitrogens is 2. The first-order chi connectivity index (χ1) is 13.7. The van der Waals surface area contributed by atoms with Crippen molar-refractivity contribution in [3.05, 3.63) is 65.9 Å². The highest BCUT2D eigenvalue weighted by Gasteiger charge is 2.18. The second-order valence-corrected chi connectivity index (χ2v) is 7.41. The van der Waals surface area contributed by atoms with E-state index in [4.69, 9.17) is 0 Å². The molecule has 0 saturated heterocycles. The van der Waals surface area contributed by atoms with Crippen molar-refractivity contribution in [3.63, 3.8) is 0 Å². The van der Waals surface area contributed by atoms with E-state index in [2.05, 4.69) is 39.6 Å². The van der Waals surface area contributed by atoms with Gasteiger partial charge in [-0.3, -0.25) is 14.4 Å². The molecule has 28 heavy (non-hydrogen) atoms. The van der Waals surface area contributed by atoms with Gasteiger partial charge in [0, 0.05) is 50.7 Å². The van der Waals surface area contributed by atoms with Crippen LogP contribution >= 0.6 is 0 Å². The van der Waals surface area contributed by atoms with Gasteiger partial charge in [0.15, 0.2) is 0 Å². The van der Waals surface area contributed by atoms with Crippen molar-refractivity contribution in [1.82, 2.24) is 20.0 Å². The van der Waals surface area contributed by atoms with E-state index in [1.807, 2.05) is 30.5 Å². The molecule has 0 spiro atoms. The van der Waals surface area contributed by atoms with E-state index < -0.39 is 6.10 Å². The first-order valence-electron chi connectivity index (χ1n) is 9.83. The standard InChI is InChI=1S/C22H26N4O2/c27-20(16-25-11-9-17-5-1-2-6-18(17)14-25)13-23-22(28)10-12-26-15-19-7-3-4-8-21(19)24-26/h1-8,15,20,27H,9-14,16H2,(H,23,28)/t20-/m1/s1. The van der Waals surface area contributed by atoms with Gasteiger partial charge in [-0.15, -0.1) is 0 Å². The van der Waals surface area contributed by atoms with Gasteiger partial charge in [0.2, 0.25) is 5.91 Å². The predicted octanol–water partition coefficient (Wildman–Crippen LogP) is 1.96. The number of rotatable bonds is 7. The number of β-amino-alcohol motifs (C(OH)–C–C–N with tert-alkyl or cyclic N) is 1. The molecule has 0 fully saturated rings. The van der Waals surface area contributed by atoms with Crippen molar-refractivity contribution < 1.29 is 9.90 Å². The lowest BCUT2D eigenvalue weighted by molar-refractivity contribution is -0.121. The maximum absolute atomic E-state index is 12.1. The minimum Gasteiger partial charge on any atom is -0.390 e. The second-order valence-electron chi connectivity index (χ2n) is 7.41. The van der Waals surface area contributed by atoms with Crippen LogP contribution in [0.3, 0.4) is 0 Å². The number of nitrogens with one attached hydrogen (secondary N) is 1. The number of carbonyl (C=O) groups excluding carboxylic acids is 1. The molecule has 1 atom stereocenters. The van der Waals surface area contributed by atoms with E-state index in [9.17, 15) is 9.90 Å². The van der Waals surface area contributed by atoms with Crippen molar-refractivity contribution >= 4 is 16.8 Å². The summed E-state index contributed by atoms with van der Waals surface area (Å²) in [5.74, 6) is -0.0670. The SMILES string of the molecule is O=C(CCn1cc2ccccc2n1)NC[C@@H](O)CN1CCc2ccccc2C1. The summed E-state index contributed by atoms with van der Waals surface area (Å²) >= 11 is 0. The van der Waals surface area contributed by atoms with Gasteiger partial charge in [0.25, 0.3) is 0 Å². The second kappa shape index (κ2) is 8.54. The Labute approximate surface area is 164 Å². The van der Waals surface area contributed by atoms with Gasteiger partial charge in [-0.1, -0.05) is 42.5 Å². The zero-order valence-corrected chi connectivity index (χ0v) is 15.9. The fourth-order valence-electron chi connectivity index (χ4n) is 3.74. The third-order valence-electron chi connectivity index (χ3n) is 5.24. The van der Waals surface area contributed by atoms with Crippen molar-refractivity contribution in [3.8, 4) is 0 Å². The molecule has 2 aromatic carbocycles. The van der Waals surface area contributed by atoms with Crippen molar-refractivity contribution in [2.45, 2.75) is 32.0 Å². The molecule has 1 aromatic heterocycles. The zero-order chi connectivity index (χ0) is 19.3. The molecule has 1 aliphatic heterocycles. The number of fused-ring (bicyclic) bond motifs is 2. The Hall–Kier alpha value is -2.70. The summed E-state index contributed by atoms with van der Waals surface area (Å²) in [5.41, 5.74) is 3.66. The van der Waals surface area contributed by atoms with Crippen LogP contribution in [0.1, 0.15) is 17.5 Å². The van der Waals surface area contributed by atoms with Crippen LogP contribution in [0.4, 0.5) is 0 Å². The lowest BCUT2D eigenvalue weighted by Crippen LogP contribution is -2.42. The van der Waals surface area contributed by atoms with Crippen LogP contribution in [-0.4, -0.2) is 51.4 Å². The highest BCUT2D eigenvalue weighted by atomic mass is 16.3. The van der Waals surface area contributed by atoms with Crippen LogP contribution in [0.2, 0.25) is 0 Å². The highest BCUT2D eigenvalue weighted by molar-refractivity contribution is 5.78. The van der Waals surface area contributed by atoms with Gasteiger partial charge in [-0.2, -0.15) is 5.10 Å². The molecule has 6 nitrogen and oxygen atoms in total. The number of hydrogen-bond acceptors (Lipinski definition) is 4. The lowest BCUT2D eigenvalue weighted by Gasteiger charge is -2.30. The average molecular weight is 378 g/mol. The largest absolute Gasteiger partial charge is 0.390 e. The van der Waals surface area contributed by atoms with E-state index in [1.165, 1.54) is 11.1 Å². The molecule has 0 unspecified atom stereocenters. The fraction of sp³-hybridized carbons (Fsp3) is 0.364. The molecule has 4 rings (SSSR count).